The van der Waals surface area contributed by atoms with Crippen LogP contribution in [-0.4, -0.2) is 15.6 Å². The predicted octanol–water partition coefficient (Wildman–Crippen LogP) is 2.98. The van der Waals surface area contributed by atoms with E-state index in [-0.39, 0.29) is 17.4 Å². The largest absolute Gasteiger partial charge is 0.494 e. The van der Waals surface area contributed by atoms with Crippen LogP contribution in [0, 0.1) is 18.3 Å². The summed E-state index contributed by atoms with van der Waals surface area (Å²) >= 11 is 0. The molecule has 0 bridgehead atoms. The number of hydrogen-bond donors (Lipinski definition) is 2. The van der Waals surface area contributed by atoms with Crippen molar-refractivity contribution >= 4 is 11.6 Å². The van der Waals surface area contributed by atoms with Crippen molar-refractivity contribution in [2.75, 3.05) is 5.32 Å². The van der Waals surface area contributed by atoms with Crippen LogP contribution in [0.1, 0.15) is 21.5 Å². The normalized spacial score (nSPS) is 10.2. The van der Waals surface area contributed by atoms with Crippen molar-refractivity contribution in [3.8, 4) is 17.6 Å². The summed E-state index contributed by atoms with van der Waals surface area (Å²) in [6, 6.07) is 18.4. The lowest BCUT2D eigenvalue weighted by Gasteiger charge is -2.11. The van der Waals surface area contributed by atoms with Gasteiger partial charge in [-0.2, -0.15) is 5.26 Å². The first-order chi connectivity index (χ1) is 12.5. The molecule has 0 atom stereocenters. The molecule has 26 heavy (non-hydrogen) atoms. The minimum Gasteiger partial charge on any atom is -0.494 e. The molecular weight excluding hydrogens is 330 g/mol. The Morgan fingerprint density at radius 1 is 1.12 bits per heavy atom. The quantitative estimate of drug-likeness (QED) is 0.763. The number of aromatic hydroxyl groups is 1. The van der Waals surface area contributed by atoms with Gasteiger partial charge in [-0.05, 0) is 48.9 Å². The molecule has 0 radical (unpaired) electrons. The highest BCUT2D eigenvalue weighted by Crippen LogP contribution is 2.19. The molecule has 0 unspecified atom stereocenters. The smallest absolute Gasteiger partial charge is 0.276 e. The summed E-state index contributed by atoms with van der Waals surface area (Å²) in [5, 5.41) is 22.0. The number of carbonyl (C=O) groups excluding carboxylic acids is 1. The Labute approximate surface area is 149 Å². The van der Waals surface area contributed by atoms with Crippen molar-refractivity contribution < 1.29 is 9.90 Å². The van der Waals surface area contributed by atoms with Gasteiger partial charge in [-0.3, -0.25) is 9.59 Å². The first-order valence-corrected chi connectivity index (χ1v) is 7.84. The molecule has 0 spiro atoms. The molecule has 1 heterocycles. The van der Waals surface area contributed by atoms with Crippen LogP contribution in [0.5, 0.6) is 5.88 Å². The van der Waals surface area contributed by atoms with Gasteiger partial charge in [-0.15, -0.1) is 0 Å². The van der Waals surface area contributed by atoms with Crippen LogP contribution < -0.4 is 10.9 Å². The SMILES string of the molecule is Cc1cc(O)n(-c2ccc(NC(=O)c3ccccc3)cc2)c(=O)c1C#N. The van der Waals surface area contributed by atoms with E-state index in [0.717, 1.165) is 4.57 Å². The Bertz CT molecular complexity index is 1060. The van der Waals surface area contributed by atoms with Crippen LogP contribution in [0.15, 0.2) is 65.5 Å². The zero-order valence-electron chi connectivity index (χ0n) is 13.9. The molecule has 6 nitrogen and oxygen atoms in total. The lowest BCUT2D eigenvalue weighted by Crippen LogP contribution is -2.22. The Morgan fingerprint density at radius 2 is 1.77 bits per heavy atom. The summed E-state index contributed by atoms with van der Waals surface area (Å²) in [6.07, 6.45) is 0. The number of nitrogens with zero attached hydrogens (tertiary/aromatic N) is 2. The Balaban J connectivity index is 1.91. The molecule has 0 aliphatic carbocycles. The third-order valence-corrected chi connectivity index (χ3v) is 3.92. The van der Waals surface area contributed by atoms with E-state index in [4.69, 9.17) is 5.26 Å². The van der Waals surface area contributed by atoms with Crippen LogP contribution in [-0.2, 0) is 0 Å². The second kappa shape index (κ2) is 6.95. The van der Waals surface area contributed by atoms with Gasteiger partial charge in [-0.1, -0.05) is 18.2 Å². The van der Waals surface area contributed by atoms with Gasteiger partial charge in [0.25, 0.3) is 11.5 Å². The number of pyridine rings is 1. The van der Waals surface area contributed by atoms with Crippen molar-refractivity contribution in [2.24, 2.45) is 0 Å². The van der Waals surface area contributed by atoms with Gasteiger partial charge in [0.1, 0.15) is 11.6 Å². The Morgan fingerprint density at radius 3 is 2.38 bits per heavy atom. The van der Waals surface area contributed by atoms with Gasteiger partial charge >= 0.3 is 0 Å². The zero-order valence-corrected chi connectivity index (χ0v) is 13.9. The Hall–Kier alpha value is -3.85. The highest BCUT2D eigenvalue weighted by molar-refractivity contribution is 6.04. The number of aromatic nitrogens is 1. The van der Waals surface area contributed by atoms with Gasteiger partial charge < -0.3 is 10.4 Å². The number of anilines is 1. The van der Waals surface area contributed by atoms with Gasteiger partial charge in [-0.25, -0.2) is 4.57 Å². The molecule has 6 heteroatoms. The molecule has 0 aliphatic heterocycles. The van der Waals surface area contributed by atoms with E-state index < -0.39 is 5.56 Å². The van der Waals surface area contributed by atoms with Crippen molar-refractivity contribution in [1.29, 1.82) is 5.26 Å². The van der Waals surface area contributed by atoms with Crippen molar-refractivity contribution in [3.05, 3.63) is 87.7 Å². The van der Waals surface area contributed by atoms with Gasteiger partial charge in [0.15, 0.2) is 5.88 Å². The number of rotatable bonds is 3. The second-order valence-electron chi connectivity index (χ2n) is 5.68. The Kier molecular flexibility index (Phi) is 4.54. The van der Waals surface area contributed by atoms with Crippen LogP contribution in [0.3, 0.4) is 0 Å². The molecule has 128 valence electrons. The average Bonchev–Trinajstić information content (AvgIpc) is 2.64. The molecule has 1 amide bonds. The van der Waals surface area contributed by atoms with Gasteiger partial charge in [0, 0.05) is 17.3 Å². The number of nitriles is 1. The van der Waals surface area contributed by atoms with Crippen LogP contribution >= 0.6 is 0 Å². The summed E-state index contributed by atoms with van der Waals surface area (Å²) in [7, 11) is 0. The average molecular weight is 345 g/mol. The molecule has 0 fully saturated rings. The summed E-state index contributed by atoms with van der Waals surface area (Å²) in [6.45, 7) is 1.59. The topological polar surface area (TPSA) is 95.1 Å². The summed E-state index contributed by atoms with van der Waals surface area (Å²) in [5.74, 6) is -0.506. The maximum absolute atomic E-state index is 12.4. The lowest BCUT2D eigenvalue weighted by atomic mass is 10.1. The van der Waals surface area contributed by atoms with Crippen LogP contribution in [0.25, 0.3) is 5.69 Å². The molecule has 1 aromatic heterocycles. The molecule has 2 aromatic carbocycles. The summed E-state index contributed by atoms with van der Waals surface area (Å²) in [4.78, 5) is 24.6. The predicted molar refractivity (Wildman–Crippen MR) is 97.6 cm³/mol. The number of amides is 1. The first kappa shape index (κ1) is 17.0. The lowest BCUT2D eigenvalue weighted by molar-refractivity contribution is 0.102. The fourth-order valence-electron chi connectivity index (χ4n) is 2.59. The highest BCUT2D eigenvalue weighted by Gasteiger charge is 2.13. The van der Waals surface area contributed by atoms with Crippen molar-refractivity contribution in [1.82, 2.24) is 4.57 Å². The highest BCUT2D eigenvalue weighted by atomic mass is 16.3. The van der Waals surface area contributed by atoms with Crippen LogP contribution in [0.4, 0.5) is 5.69 Å². The number of benzene rings is 2. The molecule has 3 aromatic rings. The molecule has 0 aliphatic rings. The number of carbonyl (C=O) groups is 1. The summed E-state index contributed by atoms with van der Waals surface area (Å²) < 4.78 is 1.05. The number of nitrogens with one attached hydrogen (secondary N) is 1. The molecule has 0 saturated heterocycles. The van der Waals surface area contributed by atoms with E-state index in [0.29, 0.717) is 22.5 Å². The maximum Gasteiger partial charge on any atom is 0.276 e. The van der Waals surface area contributed by atoms with Gasteiger partial charge in [0.05, 0.1) is 5.69 Å². The van der Waals surface area contributed by atoms with E-state index in [1.54, 1.807) is 55.5 Å². The third kappa shape index (κ3) is 3.19. The van der Waals surface area contributed by atoms with E-state index in [1.165, 1.54) is 6.07 Å². The molecule has 0 saturated carbocycles. The molecule has 3 rings (SSSR count). The standard InChI is InChI=1S/C20H15N3O3/c1-13-11-18(24)23(20(26)17(13)12-21)16-9-7-15(8-10-16)22-19(25)14-5-3-2-4-6-14/h2-11,24H,1H3,(H,22,25). The maximum atomic E-state index is 12.4. The van der Waals surface area contributed by atoms with Crippen molar-refractivity contribution in [3.63, 3.8) is 0 Å². The minimum absolute atomic E-state index is 0.0238. The van der Waals surface area contributed by atoms with E-state index in [2.05, 4.69) is 5.32 Å². The van der Waals surface area contributed by atoms with Crippen molar-refractivity contribution in [2.45, 2.75) is 6.92 Å². The molecule has 2 N–H and O–H groups in total. The van der Waals surface area contributed by atoms with Gasteiger partial charge in [0.2, 0.25) is 0 Å². The fourth-order valence-corrected chi connectivity index (χ4v) is 2.59. The molecular formula is C20H15N3O3. The zero-order chi connectivity index (χ0) is 18.7. The number of hydrogen-bond acceptors (Lipinski definition) is 4. The van der Waals surface area contributed by atoms with E-state index >= 15 is 0 Å². The third-order valence-electron chi connectivity index (χ3n) is 3.92. The van der Waals surface area contributed by atoms with E-state index in [1.807, 2.05) is 12.1 Å². The van der Waals surface area contributed by atoms with Crippen LogP contribution in [0.2, 0.25) is 0 Å². The monoisotopic (exact) mass is 345 g/mol. The summed E-state index contributed by atoms with van der Waals surface area (Å²) in [5.41, 5.74) is 1.26. The second-order valence-corrected chi connectivity index (χ2v) is 5.68. The van der Waals surface area contributed by atoms with E-state index in [9.17, 15) is 14.7 Å². The minimum atomic E-state index is -0.592. The number of aryl methyl sites for hydroxylation is 1. The first-order valence-electron chi connectivity index (χ1n) is 7.84. The fraction of sp³-hybridized carbons (Fsp3) is 0.0500.